The zero-order valence-electron chi connectivity index (χ0n) is 16.1. The fourth-order valence-corrected chi connectivity index (χ4v) is 2.41. The predicted molar refractivity (Wildman–Crippen MR) is 92.1 cm³/mol. The third-order valence-corrected chi connectivity index (χ3v) is 2.99. The predicted octanol–water partition coefficient (Wildman–Crippen LogP) is 3.26. The molecule has 0 N–H and O–H groups in total. The Bertz CT molecular complexity index is 354. The van der Waals surface area contributed by atoms with Crippen LogP contribution < -0.4 is 0 Å². The summed E-state index contributed by atoms with van der Waals surface area (Å²) in [6.07, 6.45) is -0.359. The zero-order chi connectivity index (χ0) is 18.2. The lowest BCUT2D eigenvalue weighted by Gasteiger charge is -2.33. The van der Waals surface area contributed by atoms with E-state index in [9.17, 15) is 9.59 Å². The second-order valence-electron chi connectivity index (χ2n) is 7.49. The molecule has 0 aromatic heterocycles. The normalized spacial score (nSPS) is 13.3. The molecule has 0 aromatic carbocycles. The molecule has 23 heavy (non-hydrogen) atoms. The molecule has 0 saturated carbocycles. The number of esters is 2. The molecule has 0 radical (unpaired) electrons. The maximum Gasteiger partial charge on any atom is 0.324 e. The summed E-state index contributed by atoms with van der Waals surface area (Å²) in [4.78, 5) is 26.6. The van der Waals surface area contributed by atoms with Crippen LogP contribution in [0.4, 0.5) is 0 Å². The molecule has 0 aromatic rings. The summed E-state index contributed by atoms with van der Waals surface area (Å²) in [5.74, 6) is 0.0821. The number of rotatable bonds is 10. The van der Waals surface area contributed by atoms with Crippen LogP contribution in [0.1, 0.15) is 61.8 Å². The Hall–Kier alpha value is -1.10. The van der Waals surface area contributed by atoms with Crippen molar-refractivity contribution in [1.29, 1.82) is 0 Å². The van der Waals surface area contributed by atoms with Crippen LogP contribution in [0.5, 0.6) is 0 Å². The molecule has 1 atom stereocenters. The van der Waals surface area contributed by atoms with Gasteiger partial charge in [0.25, 0.3) is 0 Å². The highest BCUT2D eigenvalue weighted by molar-refractivity contribution is 5.82. The van der Waals surface area contributed by atoms with Crippen LogP contribution in [-0.4, -0.2) is 48.2 Å². The lowest BCUT2D eigenvalue weighted by molar-refractivity contribution is -0.161. The van der Waals surface area contributed by atoms with E-state index in [-0.39, 0.29) is 30.6 Å². The van der Waals surface area contributed by atoms with E-state index in [4.69, 9.17) is 9.47 Å². The second-order valence-corrected chi connectivity index (χ2v) is 7.49. The number of carbonyl (C=O) groups excluding carboxylic acids is 2. The Morgan fingerprint density at radius 3 is 1.57 bits per heavy atom. The van der Waals surface area contributed by atoms with E-state index in [1.807, 2.05) is 13.8 Å². The maximum absolute atomic E-state index is 12.5. The van der Waals surface area contributed by atoms with Crippen molar-refractivity contribution in [2.45, 2.75) is 80.1 Å². The highest BCUT2D eigenvalue weighted by Crippen LogP contribution is 2.15. The van der Waals surface area contributed by atoms with Crippen LogP contribution in [0.3, 0.4) is 0 Å². The Balaban J connectivity index is 5.23. The first-order chi connectivity index (χ1) is 10.5. The summed E-state index contributed by atoms with van der Waals surface area (Å²) < 4.78 is 10.6. The molecule has 0 bridgehead atoms. The molecule has 5 heteroatoms. The van der Waals surface area contributed by atoms with Gasteiger partial charge < -0.3 is 9.47 Å². The van der Waals surface area contributed by atoms with Crippen molar-refractivity contribution in [3.05, 3.63) is 0 Å². The summed E-state index contributed by atoms with van der Waals surface area (Å²) >= 11 is 0. The molecule has 0 amide bonds. The third-order valence-electron chi connectivity index (χ3n) is 2.99. The average Bonchev–Trinajstić information content (AvgIpc) is 2.31. The number of hydrogen-bond acceptors (Lipinski definition) is 5. The summed E-state index contributed by atoms with van der Waals surface area (Å²) in [6.45, 7) is 17.1. The monoisotopic (exact) mass is 329 g/mol. The van der Waals surface area contributed by atoms with Crippen LogP contribution in [0.25, 0.3) is 0 Å². The maximum atomic E-state index is 12.5. The highest BCUT2D eigenvalue weighted by Gasteiger charge is 2.32. The van der Waals surface area contributed by atoms with Gasteiger partial charge in [-0.05, 0) is 39.5 Å². The van der Waals surface area contributed by atoms with Gasteiger partial charge in [0.1, 0.15) is 6.04 Å². The first kappa shape index (κ1) is 21.9. The van der Waals surface area contributed by atoms with Gasteiger partial charge in [-0.25, -0.2) is 0 Å². The van der Waals surface area contributed by atoms with E-state index in [1.165, 1.54) is 0 Å². The van der Waals surface area contributed by atoms with Gasteiger partial charge >= 0.3 is 11.9 Å². The first-order valence-corrected chi connectivity index (χ1v) is 8.66. The second kappa shape index (κ2) is 10.6. The van der Waals surface area contributed by atoms with Crippen LogP contribution in [0, 0.1) is 11.8 Å². The zero-order valence-corrected chi connectivity index (χ0v) is 16.1. The van der Waals surface area contributed by atoms with Gasteiger partial charge in [0.05, 0.1) is 18.6 Å². The average molecular weight is 329 g/mol. The molecule has 0 rings (SSSR count). The van der Waals surface area contributed by atoms with Gasteiger partial charge in [-0.2, -0.15) is 0 Å². The fourth-order valence-electron chi connectivity index (χ4n) is 2.41. The number of ether oxygens (including phenoxy) is 2. The molecule has 1 unspecified atom stereocenters. The Morgan fingerprint density at radius 2 is 1.22 bits per heavy atom. The van der Waals surface area contributed by atoms with Crippen molar-refractivity contribution >= 4 is 11.9 Å². The fraction of sp³-hybridized carbons (Fsp3) is 0.889. The van der Waals surface area contributed by atoms with E-state index in [0.717, 1.165) is 13.1 Å². The van der Waals surface area contributed by atoms with Gasteiger partial charge in [-0.3, -0.25) is 14.5 Å². The summed E-state index contributed by atoms with van der Waals surface area (Å²) in [5.41, 5.74) is 0. The van der Waals surface area contributed by atoms with E-state index >= 15 is 0 Å². The molecular weight excluding hydrogens is 294 g/mol. The first-order valence-electron chi connectivity index (χ1n) is 8.66. The molecular formula is C18H35NO4. The topological polar surface area (TPSA) is 55.8 Å². The smallest absolute Gasteiger partial charge is 0.324 e. The minimum absolute atomic E-state index is 0.0309. The quantitative estimate of drug-likeness (QED) is 0.576. The van der Waals surface area contributed by atoms with Crippen molar-refractivity contribution in [2.24, 2.45) is 11.8 Å². The van der Waals surface area contributed by atoms with Crippen molar-refractivity contribution in [2.75, 3.05) is 13.1 Å². The lowest BCUT2D eigenvalue weighted by atomic mass is 10.1. The molecule has 0 fully saturated rings. The Labute approximate surface area is 141 Å². The van der Waals surface area contributed by atoms with Gasteiger partial charge in [0.15, 0.2) is 0 Å². The van der Waals surface area contributed by atoms with E-state index in [1.54, 1.807) is 13.8 Å². The summed E-state index contributed by atoms with van der Waals surface area (Å²) in [6, 6.07) is -0.589. The molecule has 0 spiro atoms. The highest BCUT2D eigenvalue weighted by atomic mass is 16.6. The number of carbonyl (C=O) groups is 2. The van der Waals surface area contributed by atoms with Crippen LogP contribution >= 0.6 is 0 Å². The molecule has 0 aliphatic carbocycles. The molecule has 0 aliphatic heterocycles. The molecule has 136 valence electrons. The largest absolute Gasteiger partial charge is 0.463 e. The van der Waals surface area contributed by atoms with Gasteiger partial charge in [0.2, 0.25) is 0 Å². The Morgan fingerprint density at radius 1 is 0.783 bits per heavy atom. The van der Waals surface area contributed by atoms with Gasteiger partial charge in [0, 0.05) is 13.1 Å². The lowest BCUT2D eigenvalue weighted by Crippen LogP contribution is -2.47. The van der Waals surface area contributed by atoms with E-state index < -0.39 is 6.04 Å². The van der Waals surface area contributed by atoms with Gasteiger partial charge in [-0.1, -0.05) is 27.7 Å². The minimum atomic E-state index is -0.589. The van der Waals surface area contributed by atoms with Crippen LogP contribution in [-0.2, 0) is 19.1 Å². The van der Waals surface area contributed by atoms with Crippen molar-refractivity contribution in [3.8, 4) is 0 Å². The standard InChI is InChI=1S/C18H35NO4/c1-12(2)10-19(11-13(3)4)16(18(21)23-15(7)8)9-17(20)22-14(5)6/h12-16H,9-11H2,1-8H3. The van der Waals surface area contributed by atoms with E-state index in [2.05, 4.69) is 32.6 Å². The number of nitrogens with zero attached hydrogens (tertiary/aromatic N) is 1. The molecule has 0 aliphatic rings. The molecule has 5 nitrogen and oxygen atoms in total. The van der Waals surface area contributed by atoms with Crippen molar-refractivity contribution in [1.82, 2.24) is 4.90 Å². The molecule has 0 heterocycles. The Kier molecular flexibility index (Phi) is 10.1. The van der Waals surface area contributed by atoms with Crippen molar-refractivity contribution < 1.29 is 19.1 Å². The summed E-state index contributed by atoms with van der Waals surface area (Å²) in [7, 11) is 0. The van der Waals surface area contributed by atoms with E-state index in [0.29, 0.717) is 11.8 Å². The number of hydrogen-bond donors (Lipinski definition) is 0. The SMILES string of the molecule is CC(C)CN(CC(C)C)C(CC(=O)OC(C)C)C(=O)OC(C)C. The van der Waals surface area contributed by atoms with Crippen molar-refractivity contribution in [3.63, 3.8) is 0 Å². The van der Waals surface area contributed by atoms with Gasteiger partial charge in [-0.15, -0.1) is 0 Å². The van der Waals surface area contributed by atoms with Crippen LogP contribution in [0.2, 0.25) is 0 Å². The minimum Gasteiger partial charge on any atom is -0.463 e. The summed E-state index contributed by atoms with van der Waals surface area (Å²) in [5, 5.41) is 0. The third kappa shape index (κ3) is 10.3. The molecule has 0 saturated heterocycles. The van der Waals surface area contributed by atoms with Crippen LogP contribution in [0.15, 0.2) is 0 Å².